The van der Waals surface area contributed by atoms with E-state index in [1.165, 1.54) is 12.0 Å². The lowest BCUT2D eigenvalue weighted by atomic mass is 9.85. The molecule has 4 aliphatic rings. The predicted octanol–water partition coefficient (Wildman–Crippen LogP) is 1.80. The zero-order chi connectivity index (χ0) is 24.1. The number of amides is 4. The Morgan fingerprint density at radius 3 is 2.40 bits per heavy atom. The molecule has 35 heavy (non-hydrogen) atoms. The highest BCUT2D eigenvalue weighted by atomic mass is 16.2. The number of nitrogens with one attached hydrogen (secondary N) is 2. The van der Waals surface area contributed by atoms with E-state index in [1.54, 1.807) is 12.1 Å². The Morgan fingerprint density at radius 2 is 1.63 bits per heavy atom. The number of fused-ring (bicyclic) bond motifs is 3. The number of hydrogen-bond donors (Lipinski definition) is 2. The number of hydrogen-bond acceptors (Lipinski definition) is 6. The summed E-state index contributed by atoms with van der Waals surface area (Å²) in [6, 6.07) is 12.5. The van der Waals surface area contributed by atoms with Gasteiger partial charge in [0.25, 0.3) is 11.8 Å². The van der Waals surface area contributed by atoms with Crippen molar-refractivity contribution in [3.63, 3.8) is 0 Å². The Hall–Kier alpha value is -3.36. The molecule has 0 radical (unpaired) electrons. The molecule has 0 spiro atoms. The molecule has 180 valence electrons. The van der Waals surface area contributed by atoms with Crippen LogP contribution in [0, 0.1) is 11.8 Å². The smallest absolute Gasteiger partial charge is 0.262 e. The minimum absolute atomic E-state index is 0.104. The second-order valence-electron chi connectivity index (χ2n) is 10.2. The fourth-order valence-electron chi connectivity index (χ4n) is 6.19. The van der Waals surface area contributed by atoms with Gasteiger partial charge in [0.05, 0.1) is 11.1 Å². The van der Waals surface area contributed by atoms with Crippen molar-refractivity contribution in [1.82, 2.24) is 20.4 Å². The first kappa shape index (κ1) is 22.1. The van der Waals surface area contributed by atoms with E-state index in [2.05, 4.69) is 27.7 Å². The number of carbonyl (C=O) groups is 4. The van der Waals surface area contributed by atoms with E-state index in [-0.39, 0.29) is 18.7 Å². The Balaban J connectivity index is 1.28. The highest BCUT2D eigenvalue weighted by molar-refractivity contribution is 6.25. The second kappa shape index (κ2) is 8.70. The van der Waals surface area contributed by atoms with Crippen LogP contribution in [0.5, 0.6) is 0 Å². The molecule has 3 unspecified atom stereocenters. The topological polar surface area (TPSA) is 98.8 Å². The van der Waals surface area contributed by atoms with E-state index in [0.717, 1.165) is 43.2 Å². The molecule has 2 N–H and O–H groups in total. The van der Waals surface area contributed by atoms with Crippen molar-refractivity contribution in [2.75, 3.05) is 26.2 Å². The highest BCUT2D eigenvalue weighted by Crippen LogP contribution is 2.35. The molecule has 3 saturated heterocycles. The van der Waals surface area contributed by atoms with Crippen LogP contribution in [-0.4, -0.2) is 65.6 Å². The monoisotopic (exact) mass is 472 g/mol. The van der Waals surface area contributed by atoms with Crippen LogP contribution in [0.25, 0.3) is 11.1 Å². The maximum absolute atomic E-state index is 13.5. The maximum Gasteiger partial charge on any atom is 0.262 e. The molecule has 2 aromatic carbocycles. The minimum atomic E-state index is -0.965. The van der Waals surface area contributed by atoms with E-state index in [0.29, 0.717) is 28.5 Å². The third-order valence-corrected chi connectivity index (χ3v) is 7.68. The zero-order valence-corrected chi connectivity index (χ0v) is 19.5. The molecule has 0 aliphatic carbocycles. The summed E-state index contributed by atoms with van der Waals surface area (Å²) in [6.45, 7) is 5.20. The van der Waals surface area contributed by atoms with E-state index in [4.69, 9.17) is 0 Å². The molecule has 6 rings (SSSR count). The Bertz CT molecular complexity index is 1230. The molecule has 8 nitrogen and oxygen atoms in total. The van der Waals surface area contributed by atoms with Crippen LogP contribution in [-0.2, 0) is 16.1 Å². The molecule has 3 atom stereocenters. The average Bonchev–Trinajstić information content (AvgIpc) is 3.09. The Labute approximate surface area is 203 Å². The predicted molar refractivity (Wildman–Crippen MR) is 128 cm³/mol. The molecule has 4 aliphatic heterocycles. The SMILES string of the molecule is O=C1CCC(N2C(=O)c3cccc(-c4cccc(CN5CC6CNCC(C6)C5)c4)c3C2=O)C(=O)N1. The fraction of sp³-hybridized carbons (Fsp3) is 0.407. The number of piperidine rings is 3. The van der Waals surface area contributed by atoms with Gasteiger partial charge in [-0.05, 0) is 66.6 Å². The van der Waals surface area contributed by atoms with Gasteiger partial charge in [0.1, 0.15) is 6.04 Å². The van der Waals surface area contributed by atoms with Gasteiger partial charge in [0, 0.05) is 26.1 Å². The lowest BCUT2D eigenvalue weighted by Crippen LogP contribution is -2.54. The molecule has 2 aromatic rings. The lowest BCUT2D eigenvalue weighted by Gasteiger charge is -2.41. The lowest BCUT2D eigenvalue weighted by molar-refractivity contribution is -0.136. The van der Waals surface area contributed by atoms with E-state index in [9.17, 15) is 19.2 Å². The third-order valence-electron chi connectivity index (χ3n) is 7.68. The largest absolute Gasteiger partial charge is 0.316 e. The van der Waals surface area contributed by atoms with Crippen LogP contribution in [0.3, 0.4) is 0 Å². The van der Waals surface area contributed by atoms with Gasteiger partial charge in [-0.2, -0.15) is 0 Å². The number of nitrogens with zero attached hydrogens (tertiary/aromatic N) is 2. The summed E-state index contributed by atoms with van der Waals surface area (Å²) in [7, 11) is 0. The van der Waals surface area contributed by atoms with Gasteiger partial charge in [0.2, 0.25) is 11.8 Å². The average molecular weight is 473 g/mol. The Morgan fingerprint density at radius 1 is 0.886 bits per heavy atom. The minimum Gasteiger partial charge on any atom is -0.316 e. The molecule has 3 fully saturated rings. The van der Waals surface area contributed by atoms with Crippen molar-refractivity contribution >= 4 is 23.6 Å². The summed E-state index contributed by atoms with van der Waals surface area (Å²) in [5.41, 5.74) is 3.38. The first-order valence-corrected chi connectivity index (χ1v) is 12.3. The number of imide groups is 2. The van der Waals surface area contributed by atoms with Crippen LogP contribution in [0.1, 0.15) is 45.5 Å². The van der Waals surface area contributed by atoms with Gasteiger partial charge in [0.15, 0.2) is 0 Å². The van der Waals surface area contributed by atoms with Gasteiger partial charge >= 0.3 is 0 Å². The van der Waals surface area contributed by atoms with Gasteiger partial charge in [-0.25, -0.2) is 0 Å². The van der Waals surface area contributed by atoms with Crippen molar-refractivity contribution in [3.05, 3.63) is 59.2 Å². The third kappa shape index (κ3) is 3.96. The first-order chi connectivity index (χ1) is 17.0. The van der Waals surface area contributed by atoms with Crippen molar-refractivity contribution in [1.29, 1.82) is 0 Å². The van der Waals surface area contributed by atoms with Gasteiger partial charge < -0.3 is 5.32 Å². The maximum atomic E-state index is 13.5. The number of benzene rings is 2. The number of rotatable bonds is 4. The second-order valence-corrected chi connectivity index (χ2v) is 10.2. The number of carbonyl (C=O) groups excluding carboxylic acids is 4. The van der Waals surface area contributed by atoms with Gasteiger partial charge in [-0.15, -0.1) is 0 Å². The molecule has 4 heterocycles. The van der Waals surface area contributed by atoms with Crippen LogP contribution in [0.4, 0.5) is 0 Å². The Kier molecular flexibility index (Phi) is 5.50. The normalized spacial score (nSPS) is 26.6. The summed E-state index contributed by atoms with van der Waals surface area (Å²) in [4.78, 5) is 54.2. The summed E-state index contributed by atoms with van der Waals surface area (Å²) in [5.74, 6) is -0.535. The summed E-state index contributed by atoms with van der Waals surface area (Å²) < 4.78 is 0. The quantitative estimate of drug-likeness (QED) is 0.659. The van der Waals surface area contributed by atoms with Gasteiger partial charge in [-0.1, -0.05) is 30.3 Å². The zero-order valence-electron chi connectivity index (χ0n) is 19.5. The summed E-state index contributed by atoms with van der Waals surface area (Å²) in [5, 5.41) is 5.78. The fourth-order valence-corrected chi connectivity index (χ4v) is 6.19. The molecule has 0 saturated carbocycles. The van der Waals surface area contributed by atoms with Crippen molar-refractivity contribution in [2.45, 2.75) is 31.8 Å². The summed E-state index contributed by atoms with van der Waals surface area (Å²) in [6.07, 6.45) is 1.56. The first-order valence-electron chi connectivity index (χ1n) is 12.3. The van der Waals surface area contributed by atoms with Crippen LogP contribution >= 0.6 is 0 Å². The molecular formula is C27H28N4O4. The van der Waals surface area contributed by atoms with Gasteiger partial charge in [-0.3, -0.25) is 34.3 Å². The molecule has 2 bridgehead atoms. The highest BCUT2D eigenvalue weighted by Gasteiger charge is 2.45. The molecular weight excluding hydrogens is 444 g/mol. The van der Waals surface area contributed by atoms with E-state index < -0.39 is 23.8 Å². The standard InChI is InChI=1S/C27H28N4O4/c32-23-8-7-22(25(33)29-23)31-26(34)21-6-2-5-20(24(21)27(31)35)19-4-1-3-16(10-19)13-30-14-17-9-18(15-30)12-28-11-17/h1-6,10,17-18,22,28H,7-9,11-15H2,(H,29,32,33). The number of likely N-dealkylation sites (tertiary alicyclic amines) is 1. The van der Waals surface area contributed by atoms with Crippen molar-refractivity contribution in [3.8, 4) is 11.1 Å². The molecule has 8 heteroatoms. The molecule has 0 aromatic heterocycles. The van der Waals surface area contributed by atoms with Crippen LogP contribution in [0.15, 0.2) is 42.5 Å². The molecule has 4 amide bonds. The van der Waals surface area contributed by atoms with Crippen molar-refractivity contribution < 1.29 is 19.2 Å². The van der Waals surface area contributed by atoms with Crippen LogP contribution in [0.2, 0.25) is 0 Å². The van der Waals surface area contributed by atoms with Crippen molar-refractivity contribution in [2.24, 2.45) is 11.8 Å². The van der Waals surface area contributed by atoms with E-state index in [1.807, 2.05) is 18.2 Å². The van der Waals surface area contributed by atoms with Crippen LogP contribution < -0.4 is 10.6 Å². The van der Waals surface area contributed by atoms with E-state index >= 15 is 0 Å². The summed E-state index contributed by atoms with van der Waals surface area (Å²) >= 11 is 0.